The van der Waals surface area contributed by atoms with Crippen LogP contribution < -0.4 is 57.9 Å². The van der Waals surface area contributed by atoms with E-state index >= 15 is 0 Å². The number of benzene rings is 5. The summed E-state index contributed by atoms with van der Waals surface area (Å²) >= 11 is 5.71. The van der Waals surface area contributed by atoms with Gasteiger partial charge in [0, 0.05) is 179 Å². The molecule has 0 amide bonds. The van der Waals surface area contributed by atoms with Crippen LogP contribution in [0.1, 0.15) is 172 Å². The normalized spacial score (nSPS) is 15.3. The van der Waals surface area contributed by atoms with Crippen molar-refractivity contribution in [3.8, 4) is 67.8 Å². The van der Waals surface area contributed by atoms with E-state index in [4.69, 9.17) is 69.9 Å². The Labute approximate surface area is 814 Å². The first-order chi connectivity index (χ1) is 67.7. The average Bonchev–Trinajstić information content (AvgIpc) is 1.58. The molecule has 5 saturated heterocycles. The molecule has 710 valence electrons. The second kappa shape index (κ2) is 45.2. The summed E-state index contributed by atoms with van der Waals surface area (Å²) in [5.41, 5.74) is 46.6. The van der Waals surface area contributed by atoms with Gasteiger partial charge in [0.15, 0.2) is 0 Å². The Kier molecular flexibility index (Phi) is 31.1. The van der Waals surface area contributed by atoms with E-state index in [0.717, 1.165) is 182 Å². The van der Waals surface area contributed by atoms with Crippen molar-refractivity contribution in [2.45, 2.75) is 140 Å². The van der Waals surface area contributed by atoms with E-state index in [1.807, 2.05) is 24.3 Å². The lowest BCUT2D eigenvalue weighted by atomic mass is 9.87. The predicted molar refractivity (Wildman–Crippen MR) is 549 cm³/mol. The summed E-state index contributed by atoms with van der Waals surface area (Å²) in [4.78, 5) is 77.2. The van der Waals surface area contributed by atoms with Gasteiger partial charge in [0.2, 0.25) is 29.7 Å². The summed E-state index contributed by atoms with van der Waals surface area (Å²) in [7, 11) is 0. The summed E-state index contributed by atoms with van der Waals surface area (Å²) in [6, 6.07) is 66.5. The van der Waals surface area contributed by atoms with Gasteiger partial charge in [-0.1, -0.05) is 146 Å². The molecule has 5 aliphatic heterocycles. The number of nitrogens with two attached hydrogens (primary N) is 5. The third-order valence-electron chi connectivity index (χ3n) is 26.0. The van der Waals surface area contributed by atoms with E-state index in [2.05, 4.69) is 233 Å². The number of pyridine rings is 5. The Morgan fingerprint density at radius 2 is 0.698 bits per heavy atom. The van der Waals surface area contributed by atoms with Crippen LogP contribution in [0.4, 0.5) is 72.0 Å². The zero-order valence-corrected chi connectivity index (χ0v) is 78.9. The fourth-order valence-electron chi connectivity index (χ4n) is 18.1. The molecular weight excluding hydrogens is 1770 g/mol. The highest BCUT2D eigenvalue weighted by atomic mass is 35.5. The Hall–Kier alpha value is -15.1. The quantitative estimate of drug-likeness (QED) is 0.0473. The number of nitrogen functional groups attached to an aromatic ring is 5. The average molecular weight is 1880 g/mol. The Balaban J connectivity index is 0.000000120. The van der Waals surface area contributed by atoms with Gasteiger partial charge in [0.1, 0.15) is 40.6 Å². The minimum absolute atomic E-state index is 0.0204. The molecule has 30 heteroatoms. The molecule has 0 bridgehead atoms. The molecule has 6 fully saturated rings. The second-order valence-corrected chi connectivity index (χ2v) is 36.2. The number of alkyl halides is 3. The van der Waals surface area contributed by atoms with E-state index in [-0.39, 0.29) is 45.9 Å². The molecule has 1 unspecified atom stereocenters. The molecule has 1 saturated carbocycles. The van der Waals surface area contributed by atoms with Crippen LogP contribution >= 0.6 is 11.6 Å². The summed E-state index contributed by atoms with van der Waals surface area (Å²) in [6.45, 7) is 16.7. The van der Waals surface area contributed by atoms with Gasteiger partial charge in [-0.05, 0) is 232 Å². The van der Waals surface area contributed by atoms with Gasteiger partial charge in [-0.2, -0.15) is 13.2 Å². The Morgan fingerprint density at radius 1 is 0.345 bits per heavy atom. The maximum Gasteiger partial charge on any atom is 0.417 e. The highest BCUT2D eigenvalue weighted by Crippen LogP contribution is 2.55. The summed E-state index contributed by atoms with van der Waals surface area (Å²) in [5.74, 6) is 6.72. The first kappa shape index (κ1) is 95.6. The molecule has 1 atom stereocenters. The molecule has 15 aromatic rings. The number of halogens is 4. The predicted octanol–water partition coefficient (Wildman–Crippen LogP) is 21.9. The number of rotatable bonds is 20. The van der Waals surface area contributed by atoms with Crippen LogP contribution in [-0.2, 0) is 18.0 Å². The number of anilines is 10. The number of ether oxygens (including phenoxy) is 1. The van der Waals surface area contributed by atoms with Gasteiger partial charge >= 0.3 is 6.18 Å². The van der Waals surface area contributed by atoms with Crippen molar-refractivity contribution in [2.75, 3.05) is 119 Å². The molecule has 15 heterocycles. The van der Waals surface area contributed by atoms with Gasteiger partial charge in [0.25, 0.3) is 0 Å². The molecule has 0 spiro atoms. The van der Waals surface area contributed by atoms with E-state index in [0.29, 0.717) is 28.8 Å². The highest BCUT2D eigenvalue weighted by molar-refractivity contribution is 6.31. The zero-order chi connectivity index (χ0) is 96.0. The minimum Gasteiger partial charge on any atom is -0.457 e. The lowest BCUT2D eigenvalue weighted by molar-refractivity contribution is -0.137. The lowest BCUT2D eigenvalue weighted by Crippen LogP contribution is -2.30. The number of aromatic nitrogens is 15. The molecule has 26 nitrogen and oxygen atoms in total. The summed E-state index contributed by atoms with van der Waals surface area (Å²) in [6.07, 6.45) is 33.9. The molecule has 0 radical (unpaired) electrons. The molecule has 5 aromatic carbocycles. The van der Waals surface area contributed by atoms with Crippen molar-refractivity contribution in [1.82, 2.24) is 74.8 Å². The molecule has 139 heavy (non-hydrogen) atoms. The van der Waals surface area contributed by atoms with Crippen LogP contribution in [0.25, 0.3) is 61.9 Å². The topological polar surface area (TPSA) is 349 Å². The van der Waals surface area contributed by atoms with Crippen molar-refractivity contribution in [1.29, 1.82) is 0 Å². The second-order valence-electron chi connectivity index (χ2n) is 35.8. The third kappa shape index (κ3) is 25.2. The van der Waals surface area contributed by atoms with Crippen LogP contribution in [0, 0.1) is 0 Å². The van der Waals surface area contributed by atoms with Crippen LogP contribution in [0.15, 0.2) is 269 Å². The minimum atomic E-state index is -4.58. The van der Waals surface area contributed by atoms with Gasteiger partial charge in [-0.25, -0.2) is 74.8 Å². The highest BCUT2D eigenvalue weighted by Gasteiger charge is 2.46. The number of piperidine rings is 5. The lowest BCUT2D eigenvalue weighted by Gasteiger charge is -2.29. The smallest absolute Gasteiger partial charge is 0.417 e. The summed E-state index contributed by atoms with van der Waals surface area (Å²) in [5, 5.41) is -0.386. The van der Waals surface area contributed by atoms with E-state index in [1.165, 1.54) is 135 Å². The first-order valence-electron chi connectivity index (χ1n) is 47.9. The van der Waals surface area contributed by atoms with Gasteiger partial charge in [-0.15, -0.1) is 0 Å². The van der Waals surface area contributed by atoms with Crippen LogP contribution in [0.3, 0.4) is 0 Å². The van der Waals surface area contributed by atoms with Gasteiger partial charge in [0.05, 0.1) is 39.1 Å². The zero-order valence-electron chi connectivity index (χ0n) is 78.2. The van der Waals surface area contributed by atoms with Crippen molar-refractivity contribution < 1.29 is 17.9 Å². The summed E-state index contributed by atoms with van der Waals surface area (Å²) < 4.78 is 45.4. The first-order valence-corrected chi connectivity index (χ1v) is 48.3. The van der Waals surface area contributed by atoms with Gasteiger partial charge < -0.3 is 57.9 Å². The largest absolute Gasteiger partial charge is 0.457 e. The SMILES string of the molecule is C=C(c1ccccc1)c1cc(-c2cnc(N)nc2)nc(N2CCCCC2)c1.CC(c1ccccc1)c1cc(-c2cnc(N)nc2)nc(N2CCCCC2)c1.Nc1ncc(-c2cc(C3(c4ccccc4)CC3)cc(N3CCCCC3)n2)cn1.Nc1ncc(-c2cc(Cc3ccccc3)cc(N3CCCCC3)n2)cn1.Nc1ncc(-c2cc(Oc3ccc(Cl)c(C(F)(F)F)c3)cc(N3CCCCC3)n2)cn1. The van der Waals surface area contributed by atoms with Crippen molar-refractivity contribution >= 4 is 76.0 Å². The molecule has 21 rings (SSSR count). The Bertz CT molecular complexity index is 6550. The standard InChI is InChI=1S/C23H25N5.C22H25N5.C22H23N5.C21H19ClF3N5O.C21H23N5/c24-22-25-15-17(16-26-22)20-13-19(14-21(27-20)28-11-5-2-6-12-28)23(9-10-23)18-7-3-1-4-8-18;2*1-16(17-8-4-2-5-9-17)18-12-20(19-14-24-22(23)25-15-19)26-21(13-18)27-10-6-3-7-11-27;22-17-5-4-14(8-16(17)21(23,24)25)31-15-9-18(13-11-27-20(26)28-12-13)29-19(10-15)30-6-2-1-3-7-30;22-21-23-14-18(15-24-21)19-12-17(11-16-7-3-1-4-8-16)13-20(25-19)26-9-5-2-6-10-26/h1,3-4,7-8,13-16H,2,5-6,9-12H2,(H2,24,25,26);2,4-5,8-9,12-16H,3,6-7,10-11H2,1H3,(H2,23,24,25);2,4-5,8-9,12-15H,1,3,6-7,10-11H2,(H2,23,24,25);4-5,8-12H,1-3,6-7H2,(H2,26,27,28);1,3-4,7-8,12-15H,2,5-6,9-11H2,(H2,22,23,24). The van der Waals surface area contributed by atoms with Crippen molar-refractivity contribution in [2.24, 2.45) is 0 Å². The molecular formula is C109H115ClF3N25O. The van der Waals surface area contributed by atoms with Crippen LogP contribution in [0.5, 0.6) is 11.5 Å². The maximum atomic E-state index is 13.2. The molecule has 1 aliphatic carbocycles. The third-order valence-corrected chi connectivity index (χ3v) is 26.3. The van der Waals surface area contributed by atoms with Crippen molar-refractivity contribution in [3.05, 3.63) is 324 Å². The van der Waals surface area contributed by atoms with E-state index in [1.54, 1.807) is 74.1 Å². The maximum absolute atomic E-state index is 13.2. The van der Waals surface area contributed by atoms with Crippen LogP contribution in [-0.4, -0.2) is 140 Å². The number of nitrogens with zero attached hydrogens (tertiary/aromatic N) is 20. The van der Waals surface area contributed by atoms with Crippen molar-refractivity contribution in [3.63, 3.8) is 0 Å². The molecule has 10 N–H and O–H groups in total. The fraction of sp³-hybridized carbons (Fsp3) is 0.294. The molecule has 6 aliphatic rings. The molecule has 10 aromatic heterocycles. The van der Waals surface area contributed by atoms with E-state index in [9.17, 15) is 13.2 Å². The monoisotopic (exact) mass is 1880 g/mol. The van der Waals surface area contributed by atoms with Crippen LogP contribution in [0.2, 0.25) is 5.02 Å². The number of hydrogen-bond donors (Lipinski definition) is 5. The number of hydrogen-bond acceptors (Lipinski definition) is 26. The fourth-order valence-corrected chi connectivity index (χ4v) is 18.4. The Morgan fingerprint density at radius 3 is 1.12 bits per heavy atom. The van der Waals surface area contributed by atoms with E-state index < -0.39 is 11.7 Å². The van der Waals surface area contributed by atoms with Gasteiger partial charge in [-0.3, -0.25) is 0 Å².